The minimum atomic E-state index is 0.0657. The third-order valence-corrected chi connectivity index (χ3v) is 2.46. The quantitative estimate of drug-likeness (QED) is 0.754. The van der Waals surface area contributed by atoms with Crippen LogP contribution in [0.1, 0.15) is 18.4 Å². The second kappa shape index (κ2) is 3.00. The predicted molar refractivity (Wildman–Crippen MR) is 50.6 cm³/mol. The Morgan fingerprint density at radius 1 is 1.54 bits per heavy atom. The zero-order valence-electron chi connectivity index (χ0n) is 7.79. The fourth-order valence-corrected chi connectivity index (χ4v) is 1.38. The highest BCUT2D eigenvalue weighted by Gasteiger charge is 2.37. The number of nitrogens with zero attached hydrogens (tertiary/aromatic N) is 1. The number of aromatic nitrogens is 1. The summed E-state index contributed by atoms with van der Waals surface area (Å²) in [4.78, 5) is 4.13. The van der Waals surface area contributed by atoms with Crippen molar-refractivity contribution in [3.8, 4) is 5.88 Å². The SMILES string of the molecule is COc1ccc(CC2(N)CC2)cn1. The Kier molecular flexibility index (Phi) is 1.96. The highest BCUT2D eigenvalue weighted by Crippen LogP contribution is 2.35. The summed E-state index contributed by atoms with van der Waals surface area (Å²) in [6.45, 7) is 0. The number of methoxy groups -OCH3 is 1. The molecule has 0 amide bonds. The monoisotopic (exact) mass is 178 g/mol. The van der Waals surface area contributed by atoms with Gasteiger partial charge in [-0.05, 0) is 24.8 Å². The first-order chi connectivity index (χ1) is 6.22. The van der Waals surface area contributed by atoms with Gasteiger partial charge in [-0.2, -0.15) is 0 Å². The highest BCUT2D eigenvalue weighted by molar-refractivity contribution is 5.21. The first kappa shape index (κ1) is 8.51. The number of nitrogens with two attached hydrogens (primary N) is 1. The van der Waals surface area contributed by atoms with Crippen molar-refractivity contribution in [2.45, 2.75) is 24.8 Å². The molecule has 1 aliphatic carbocycles. The van der Waals surface area contributed by atoms with Gasteiger partial charge in [0.25, 0.3) is 0 Å². The maximum absolute atomic E-state index is 5.99. The average molecular weight is 178 g/mol. The van der Waals surface area contributed by atoms with Gasteiger partial charge in [-0.15, -0.1) is 0 Å². The molecule has 0 aliphatic heterocycles. The molecule has 1 saturated carbocycles. The summed E-state index contributed by atoms with van der Waals surface area (Å²) in [7, 11) is 1.62. The zero-order chi connectivity index (χ0) is 9.31. The Morgan fingerprint density at radius 2 is 2.31 bits per heavy atom. The van der Waals surface area contributed by atoms with Crippen LogP contribution < -0.4 is 10.5 Å². The van der Waals surface area contributed by atoms with Gasteiger partial charge in [0, 0.05) is 17.8 Å². The minimum absolute atomic E-state index is 0.0657. The van der Waals surface area contributed by atoms with Crippen LogP contribution in [0.5, 0.6) is 5.88 Å². The average Bonchev–Trinajstić information content (AvgIpc) is 2.85. The van der Waals surface area contributed by atoms with Gasteiger partial charge in [-0.3, -0.25) is 0 Å². The van der Waals surface area contributed by atoms with Crippen LogP contribution in [-0.4, -0.2) is 17.6 Å². The Morgan fingerprint density at radius 3 is 2.77 bits per heavy atom. The van der Waals surface area contributed by atoms with E-state index in [1.807, 2.05) is 18.3 Å². The molecular weight excluding hydrogens is 164 g/mol. The van der Waals surface area contributed by atoms with Gasteiger partial charge >= 0.3 is 0 Å². The molecule has 3 heteroatoms. The van der Waals surface area contributed by atoms with Crippen molar-refractivity contribution in [1.29, 1.82) is 0 Å². The van der Waals surface area contributed by atoms with Crippen LogP contribution in [-0.2, 0) is 6.42 Å². The van der Waals surface area contributed by atoms with Crippen molar-refractivity contribution < 1.29 is 4.74 Å². The predicted octanol–water partition coefficient (Wildman–Crippen LogP) is 1.12. The van der Waals surface area contributed by atoms with E-state index in [9.17, 15) is 0 Å². The lowest BCUT2D eigenvalue weighted by Crippen LogP contribution is -2.24. The summed E-state index contributed by atoms with van der Waals surface area (Å²) in [5, 5.41) is 0. The van der Waals surface area contributed by atoms with E-state index in [1.54, 1.807) is 7.11 Å². The molecule has 0 aromatic carbocycles. The van der Waals surface area contributed by atoms with Crippen molar-refractivity contribution in [3.05, 3.63) is 23.9 Å². The lowest BCUT2D eigenvalue weighted by molar-refractivity contribution is 0.397. The Hall–Kier alpha value is -1.09. The van der Waals surface area contributed by atoms with Crippen molar-refractivity contribution in [1.82, 2.24) is 4.98 Å². The second-order valence-electron chi connectivity index (χ2n) is 3.75. The molecule has 0 saturated heterocycles. The smallest absolute Gasteiger partial charge is 0.212 e. The van der Waals surface area contributed by atoms with Crippen molar-refractivity contribution in [2.75, 3.05) is 7.11 Å². The molecule has 1 aliphatic rings. The van der Waals surface area contributed by atoms with Crippen molar-refractivity contribution in [2.24, 2.45) is 5.73 Å². The van der Waals surface area contributed by atoms with E-state index in [4.69, 9.17) is 10.5 Å². The van der Waals surface area contributed by atoms with Crippen LogP contribution in [0.3, 0.4) is 0 Å². The summed E-state index contributed by atoms with van der Waals surface area (Å²) in [5.41, 5.74) is 7.25. The summed E-state index contributed by atoms with van der Waals surface area (Å²) in [5.74, 6) is 0.658. The molecule has 3 nitrogen and oxygen atoms in total. The van der Waals surface area contributed by atoms with Crippen molar-refractivity contribution >= 4 is 0 Å². The van der Waals surface area contributed by atoms with Crippen LogP contribution in [0.4, 0.5) is 0 Å². The normalized spacial score (nSPS) is 18.3. The third-order valence-electron chi connectivity index (χ3n) is 2.46. The Labute approximate surface area is 77.9 Å². The van der Waals surface area contributed by atoms with E-state index in [-0.39, 0.29) is 5.54 Å². The van der Waals surface area contributed by atoms with E-state index in [0.29, 0.717) is 5.88 Å². The maximum atomic E-state index is 5.99. The topological polar surface area (TPSA) is 48.1 Å². The second-order valence-corrected chi connectivity index (χ2v) is 3.75. The first-order valence-electron chi connectivity index (χ1n) is 4.50. The molecule has 1 heterocycles. The number of rotatable bonds is 3. The number of hydrogen-bond donors (Lipinski definition) is 1. The third kappa shape index (κ3) is 1.98. The number of hydrogen-bond acceptors (Lipinski definition) is 3. The molecular formula is C10H14N2O. The number of pyridine rings is 1. The van der Waals surface area contributed by atoms with E-state index >= 15 is 0 Å². The molecule has 0 atom stereocenters. The highest BCUT2D eigenvalue weighted by atomic mass is 16.5. The van der Waals surface area contributed by atoms with Crippen LogP contribution >= 0.6 is 0 Å². The molecule has 70 valence electrons. The fraction of sp³-hybridized carbons (Fsp3) is 0.500. The van der Waals surface area contributed by atoms with Gasteiger partial charge < -0.3 is 10.5 Å². The summed E-state index contributed by atoms with van der Waals surface area (Å²) < 4.78 is 4.97. The maximum Gasteiger partial charge on any atom is 0.212 e. The van der Waals surface area contributed by atoms with Crippen molar-refractivity contribution in [3.63, 3.8) is 0 Å². The standard InChI is InChI=1S/C10H14N2O/c1-13-9-3-2-8(7-12-9)6-10(11)4-5-10/h2-3,7H,4-6,11H2,1H3. The van der Waals surface area contributed by atoms with Gasteiger partial charge in [-0.25, -0.2) is 4.98 Å². The lowest BCUT2D eigenvalue weighted by Gasteiger charge is -2.07. The van der Waals surface area contributed by atoms with Gasteiger partial charge in [-0.1, -0.05) is 6.07 Å². The fourth-order valence-electron chi connectivity index (χ4n) is 1.38. The summed E-state index contributed by atoms with van der Waals surface area (Å²) >= 11 is 0. The Bertz CT molecular complexity index is 290. The number of ether oxygens (including phenoxy) is 1. The lowest BCUT2D eigenvalue weighted by atomic mass is 10.1. The molecule has 2 N–H and O–H groups in total. The Balaban J connectivity index is 2.05. The van der Waals surface area contributed by atoms with E-state index in [2.05, 4.69) is 4.98 Å². The van der Waals surface area contributed by atoms with E-state index < -0.39 is 0 Å². The molecule has 1 fully saturated rings. The van der Waals surface area contributed by atoms with Crippen LogP contribution in [0.15, 0.2) is 18.3 Å². The van der Waals surface area contributed by atoms with Crippen LogP contribution in [0.2, 0.25) is 0 Å². The summed E-state index contributed by atoms with van der Waals surface area (Å²) in [6, 6.07) is 3.90. The van der Waals surface area contributed by atoms with Gasteiger partial charge in [0.1, 0.15) is 0 Å². The first-order valence-corrected chi connectivity index (χ1v) is 4.50. The minimum Gasteiger partial charge on any atom is -0.481 e. The molecule has 0 bridgehead atoms. The van der Waals surface area contributed by atoms with Gasteiger partial charge in [0.15, 0.2) is 0 Å². The van der Waals surface area contributed by atoms with Gasteiger partial charge in [0.05, 0.1) is 7.11 Å². The molecule has 1 aromatic heterocycles. The van der Waals surface area contributed by atoms with E-state index in [0.717, 1.165) is 19.3 Å². The van der Waals surface area contributed by atoms with E-state index in [1.165, 1.54) is 5.56 Å². The molecule has 13 heavy (non-hydrogen) atoms. The zero-order valence-corrected chi connectivity index (χ0v) is 7.79. The molecule has 0 radical (unpaired) electrons. The summed E-state index contributed by atoms with van der Waals surface area (Å²) in [6.07, 6.45) is 5.05. The molecule has 2 rings (SSSR count). The molecule has 1 aromatic rings. The molecule has 0 spiro atoms. The van der Waals surface area contributed by atoms with Gasteiger partial charge in [0.2, 0.25) is 5.88 Å². The molecule has 0 unspecified atom stereocenters. The van der Waals surface area contributed by atoms with Crippen LogP contribution in [0, 0.1) is 0 Å². The largest absolute Gasteiger partial charge is 0.481 e. The van der Waals surface area contributed by atoms with Crippen LogP contribution in [0.25, 0.3) is 0 Å².